The van der Waals surface area contributed by atoms with Crippen molar-refractivity contribution >= 4 is 5.82 Å². The minimum atomic E-state index is -0.274. The second-order valence-corrected chi connectivity index (χ2v) is 7.14. The van der Waals surface area contributed by atoms with E-state index in [4.69, 9.17) is 0 Å². The largest absolute Gasteiger partial charge is 0.396 e. The Labute approximate surface area is 174 Å². The molecule has 2 aromatic carbocycles. The molecule has 4 rings (SSSR count). The summed E-state index contributed by atoms with van der Waals surface area (Å²) in [5.41, 5.74) is 4.74. The Balaban J connectivity index is 1.57. The number of H-pyrrole nitrogens is 1. The fourth-order valence-electron chi connectivity index (χ4n) is 3.51. The van der Waals surface area contributed by atoms with E-state index < -0.39 is 0 Å². The van der Waals surface area contributed by atoms with Crippen LogP contribution in [0.2, 0.25) is 0 Å². The van der Waals surface area contributed by atoms with Crippen molar-refractivity contribution in [2.75, 3.05) is 11.9 Å². The molecule has 0 aliphatic heterocycles. The number of aliphatic hydroxyl groups is 1. The first-order chi connectivity index (χ1) is 14.7. The van der Waals surface area contributed by atoms with Crippen LogP contribution in [0.15, 0.2) is 79.1 Å². The normalized spacial score (nSPS) is 11.9. The van der Waals surface area contributed by atoms with Crippen LogP contribution < -0.4 is 5.32 Å². The van der Waals surface area contributed by atoms with Crippen molar-refractivity contribution in [3.8, 4) is 22.4 Å². The predicted molar refractivity (Wildman–Crippen MR) is 116 cm³/mol. The molecular weight excluding hydrogens is 379 g/mol. The van der Waals surface area contributed by atoms with Gasteiger partial charge >= 0.3 is 0 Å². The predicted octanol–water partition coefficient (Wildman–Crippen LogP) is 4.68. The number of hydrogen-bond acceptors (Lipinski definition) is 4. The molecule has 0 unspecified atom stereocenters. The molecule has 0 amide bonds. The summed E-state index contributed by atoms with van der Waals surface area (Å²) in [6.07, 6.45) is 4.91. The van der Waals surface area contributed by atoms with E-state index in [2.05, 4.69) is 32.6 Å². The summed E-state index contributed by atoms with van der Waals surface area (Å²) < 4.78 is 13.3. The number of aromatic amines is 1. The first kappa shape index (κ1) is 19.8. The lowest BCUT2D eigenvalue weighted by Crippen LogP contribution is -2.24. The van der Waals surface area contributed by atoms with E-state index in [1.54, 1.807) is 24.5 Å². The van der Waals surface area contributed by atoms with Gasteiger partial charge in [0.1, 0.15) is 11.6 Å². The Kier molecular flexibility index (Phi) is 6.15. The van der Waals surface area contributed by atoms with E-state index in [0.717, 1.165) is 34.6 Å². The van der Waals surface area contributed by atoms with E-state index in [1.807, 2.05) is 30.3 Å². The Morgan fingerprint density at radius 1 is 1.00 bits per heavy atom. The highest BCUT2D eigenvalue weighted by Crippen LogP contribution is 2.31. The second-order valence-electron chi connectivity index (χ2n) is 7.14. The van der Waals surface area contributed by atoms with Crippen LogP contribution in [0.25, 0.3) is 22.4 Å². The topological polar surface area (TPSA) is 73.8 Å². The molecule has 1 atom stereocenters. The number of rotatable bonds is 8. The van der Waals surface area contributed by atoms with E-state index in [1.165, 1.54) is 17.7 Å². The fraction of sp³-hybridized carbons (Fsp3) is 0.167. The van der Waals surface area contributed by atoms with Crippen molar-refractivity contribution in [1.82, 2.24) is 15.2 Å². The van der Waals surface area contributed by atoms with Gasteiger partial charge in [-0.05, 0) is 60.4 Å². The molecule has 0 fully saturated rings. The summed E-state index contributed by atoms with van der Waals surface area (Å²) in [6, 6.07) is 20.4. The lowest BCUT2D eigenvalue weighted by molar-refractivity contribution is 0.279. The smallest absolute Gasteiger partial charge is 0.126 e. The van der Waals surface area contributed by atoms with Crippen molar-refractivity contribution in [1.29, 1.82) is 0 Å². The van der Waals surface area contributed by atoms with Crippen molar-refractivity contribution in [2.45, 2.75) is 18.9 Å². The zero-order valence-corrected chi connectivity index (χ0v) is 16.4. The molecule has 0 aliphatic carbocycles. The van der Waals surface area contributed by atoms with Gasteiger partial charge in [0.25, 0.3) is 0 Å². The number of nitrogens with zero attached hydrogens (tertiary/aromatic N) is 2. The molecule has 0 saturated heterocycles. The third-order valence-corrected chi connectivity index (χ3v) is 5.00. The molecule has 2 heterocycles. The number of benzene rings is 2. The number of aromatic nitrogens is 3. The first-order valence-electron chi connectivity index (χ1n) is 9.90. The molecule has 4 aromatic rings. The number of anilines is 1. The summed E-state index contributed by atoms with van der Waals surface area (Å²) in [5, 5.41) is 20.1. The maximum Gasteiger partial charge on any atom is 0.126 e. The van der Waals surface area contributed by atoms with Crippen molar-refractivity contribution < 1.29 is 9.50 Å². The molecule has 6 heteroatoms. The molecule has 152 valence electrons. The molecular formula is C24H23FN4O. The van der Waals surface area contributed by atoms with Gasteiger partial charge in [0.2, 0.25) is 0 Å². The highest BCUT2D eigenvalue weighted by molar-refractivity contribution is 5.81. The summed E-state index contributed by atoms with van der Waals surface area (Å²) in [4.78, 5) is 4.45. The van der Waals surface area contributed by atoms with Gasteiger partial charge < -0.3 is 10.4 Å². The number of halogens is 1. The highest BCUT2D eigenvalue weighted by atomic mass is 19.1. The van der Waals surface area contributed by atoms with Gasteiger partial charge in [-0.15, -0.1) is 0 Å². The molecule has 0 saturated carbocycles. The number of nitrogens with one attached hydrogen (secondary N) is 2. The molecule has 2 aromatic heterocycles. The SMILES string of the molecule is OCC[C@H](Cc1ccccc1)Nc1cc(-c2cn[nH]c2-c2ccc(F)cc2)ccn1. The lowest BCUT2D eigenvalue weighted by Gasteiger charge is -2.19. The summed E-state index contributed by atoms with van der Waals surface area (Å²) in [5.74, 6) is 0.455. The zero-order chi connectivity index (χ0) is 20.8. The minimum absolute atomic E-state index is 0.0565. The maximum atomic E-state index is 13.3. The molecule has 0 aliphatic rings. The van der Waals surface area contributed by atoms with Gasteiger partial charge in [-0.25, -0.2) is 9.37 Å². The molecule has 0 spiro atoms. The molecule has 5 nitrogen and oxygen atoms in total. The Morgan fingerprint density at radius 2 is 1.80 bits per heavy atom. The van der Waals surface area contributed by atoms with Crippen LogP contribution in [0.4, 0.5) is 10.2 Å². The first-order valence-corrected chi connectivity index (χ1v) is 9.90. The Morgan fingerprint density at radius 3 is 2.57 bits per heavy atom. The van der Waals surface area contributed by atoms with E-state index in [0.29, 0.717) is 6.42 Å². The van der Waals surface area contributed by atoms with Crippen LogP contribution in [-0.4, -0.2) is 32.9 Å². The third-order valence-electron chi connectivity index (χ3n) is 5.00. The molecule has 0 bridgehead atoms. The molecule has 3 N–H and O–H groups in total. The Hall–Kier alpha value is -3.51. The van der Waals surface area contributed by atoms with Crippen molar-refractivity contribution in [3.63, 3.8) is 0 Å². The lowest BCUT2D eigenvalue weighted by atomic mass is 10.0. The van der Waals surface area contributed by atoms with E-state index >= 15 is 0 Å². The summed E-state index contributed by atoms with van der Waals surface area (Å²) >= 11 is 0. The van der Waals surface area contributed by atoms with Crippen LogP contribution >= 0.6 is 0 Å². The highest BCUT2D eigenvalue weighted by Gasteiger charge is 2.13. The number of aliphatic hydroxyl groups excluding tert-OH is 1. The second kappa shape index (κ2) is 9.33. The van der Waals surface area contributed by atoms with Crippen LogP contribution in [0.3, 0.4) is 0 Å². The Bertz CT molecular complexity index is 1080. The van der Waals surface area contributed by atoms with Gasteiger partial charge in [-0.1, -0.05) is 30.3 Å². The zero-order valence-electron chi connectivity index (χ0n) is 16.4. The monoisotopic (exact) mass is 402 g/mol. The van der Waals surface area contributed by atoms with Gasteiger partial charge in [0, 0.05) is 30.0 Å². The van der Waals surface area contributed by atoms with Crippen LogP contribution in [-0.2, 0) is 6.42 Å². The van der Waals surface area contributed by atoms with Gasteiger partial charge in [0.15, 0.2) is 0 Å². The van der Waals surface area contributed by atoms with Gasteiger partial charge in [0.05, 0.1) is 11.9 Å². The average Bonchev–Trinajstić information content (AvgIpc) is 3.25. The van der Waals surface area contributed by atoms with E-state index in [9.17, 15) is 9.50 Å². The van der Waals surface area contributed by atoms with Crippen molar-refractivity contribution in [3.05, 3.63) is 90.5 Å². The quantitative estimate of drug-likeness (QED) is 0.400. The van der Waals surface area contributed by atoms with E-state index in [-0.39, 0.29) is 18.5 Å². The molecule has 0 radical (unpaired) electrons. The van der Waals surface area contributed by atoms with Crippen molar-refractivity contribution in [2.24, 2.45) is 0 Å². The third kappa shape index (κ3) is 4.72. The number of pyridine rings is 1. The standard InChI is InChI=1S/C24H23FN4O/c25-20-8-6-18(7-9-20)24-22(16-27-29-24)19-10-12-26-23(15-19)28-21(11-13-30)14-17-4-2-1-3-5-17/h1-10,12,15-16,21,30H,11,13-14H2,(H,26,28)(H,27,29)/t21-/m1/s1. The molecule has 30 heavy (non-hydrogen) atoms. The average molecular weight is 402 g/mol. The van der Waals surface area contributed by atoms with Crippen LogP contribution in [0, 0.1) is 5.82 Å². The maximum absolute atomic E-state index is 13.3. The van der Waals surface area contributed by atoms with Gasteiger partial charge in [-0.2, -0.15) is 5.10 Å². The van der Waals surface area contributed by atoms with Crippen LogP contribution in [0.1, 0.15) is 12.0 Å². The fourth-order valence-corrected chi connectivity index (χ4v) is 3.51. The minimum Gasteiger partial charge on any atom is -0.396 e. The summed E-state index contributed by atoms with van der Waals surface area (Å²) in [6.45, 7) is 0.0979. The van der Waals surface area contributed by atoms with Crippen LogP contribution in [0.5, 0.6) is 0 Å². The summed E-state index contributed by atoms with van der Waals surface area (Å²) in [7, 11) is 0. The van der Waals surface area contributed by atoms with Gasteiger partial charge in [-0.3, -0.25) is 5.10 Å². The number of hydrogen-bond donors (Lipinski definition) is 3.